The summed E-state index contributed by atoms with van der Waals surface area (Å²) in [6.07, 6.45) is 5.15. The first-order chi connectivity index (χ1) is 10.7. The number of ether oxygens (including phenoxy) is 1. The van der Waals surface area contributed by atoms with E-state index >= 15 is 0 Å². The maximum atomic E-state index is 11.9. The highest BCUT2D eigenvalue weighted by Gasteiger charge is 2.24. The van der Waals surface area contributed by atoms with E-state index in [4.69, 9.17) is 11.2 Å². The van der Waals surface area contributed by atoms with Gasteiger partial charge in [-0.3, -0.25) is 4.90 Å². The summed E-state index contributed by atoms with van der Waals surface area (Å²) in [6, 6.07) is 8.35. The maximum absolute atomic E-state index is 11.9. The lowest BCUT2D eigenvalue weighted by Gasteiger charge is -2.38. The van der Waals surface area contributed by atoms with Crippen LogP contribution in [0.3, 0.4) is 0 Å². The molecule has 22 heavy (non-hydrogen) atoms. The van der Waals surface area contributed by atoms with Gasteiger partial charge in [-0.1, -0.05) is 18.1 Å². The van der Waals surface area contributed by atoms with E-state index in [1.165, 1.54) is 5.56 Å². The Labute approximate surface area is 132 Å². The molecule has 0 spiro atoms. The van der Waals surface area contributed by atoms with E-state index in [9.17, 15) is 4.79 Å². The van der Waals surface area contributed by atoms with Crippen molar-refractivity contribution in [1.29, 1.82) is 0 Å². The molecule has 1 aromatic rings. The molecule has 1 aliphatic heterocycles. The normalized spacial score (nSPS) is 16.7. The van der Waals surface area contributed by atoms with Crippen LogP contribution in [0.5, 0.6) is 5.75 Å². The highest BCUT2D eigenvalue weighted by atomic mass is 16.5. The monoisotopic (exact) mass is 301 g/mol. The van der Waals surface area contributed by atoms with Gasteiger partial charge in [0.2, 0.25) is 0 Å². The molecule has 2 amide bonds. The smallest absolute Gasteiger partial charge is 0.318 e. The zero-order chi connectivity index (χ0) is 15.9. The van der Waals surface area contributed by atoms with E-state index in [-0.39, 0.29) is 12.6 Å². The molecule has 1 fully saturated rings. The van der Waals surface area contributed by atoms with Crippen LogP contribution in [0.25, 0.3) is 0 Å². The maximum Gasteiger partial charge on any atom is 0.318 e. The van der Waals surface area contributed by atoms with Gasteiger partial charge in [-0.25, -0.2) is 4.79 Å². The van der Waals surface area contributed by atoms with Gasteiger partial charge >= 0.3 is 6.03 Å². The second-order valence-electron chi connectivity index (χ2n) is 5.34. The summed E-state index contributed by atoms with van der Waals surface area (Å²) >= 11 is 0. The van der Waals surface area contributed by atoms with Crippen LogP contribution in [0.4, 0.5) is 4.79 Å². The van der Waals surface area contributed by atoms with Crippen LogP contribution >= 0.6 is 0 Å². The minimum atomic E-state index is -0.0772. The second-order valence-corrected chi connectivity index (χ2v) is 5.34. The molecular weight excluding hydrogens is 278 g/mol. The third-order valence-electron chi connectivity index (χ3n) is 4.07. The minimum absolute atomic E-state index is 0.0772. The number of nitrogens with zero attached hydrogens (tertiary/aromatic N) is 2. The summed E-state index contributed by atoms with van der Waals surface area (Å²) in [6.45, 7) is 5.58. The quantitative estimate of drug-likeness (QED) is 0.861. The van der Waals surface area contributed by atoms with Crippen LogP contribution in [0.15, 0.2) is 24.3 Å². The summed E-state index contributed by atoms with van der Waals surface area (Å²) in [5, 5.41) is 2.71. The van der Waals surface area contributed by atoms with E-state index < -0.39 is 0 Å². The molecule has 2 rings (SSSR count). The Morgan fingerprint density at radius 1 is 1.41 bits per heavy atom. The number of terminal acetylenes is 1. The topological polar surface area (TPSA) is 44.8 Å². The molecule has 1 aliphatic rings. The average Bonchev–Trinajstić information content (AvgIpc) is 2.59. The Morgan fingerprint density at radius 2 is 2.14 bits per heavy atom. The highest BCUT2D eigenvalue weighted by Crippen LogP contribution is 2.24. The molecule has 1 atom stereocenters. The lowest BCUT2D eigenvalue weighted by atomic mass is 10.1. The number of rotatable bonds is 4. The third-order valence-corrected chi connectivity index (χ3v) is 4.07. The van der Waals surface area contributed by atoms with Gasteiger partial charge in [0.25, 0.3) is 0 Å². The van der Waals surface area contributed by atoms with Crippen LogP contribution in [-0.2, 0) is 0 Å². The van der Waals surface area contributed by atoms with Crippen molar-refractivity contribution in [3.8, 4) is 18.1 Å². The molecule has 1 saturated heterocycles. The van der Waals surface area contributed by atoms with Gasteiger partial charge < -0.3 is 15.0 Å². The van der Waals surface area contributed by atoms with Crippen molar-refractivity contribution in [3.05, 3.63) is 29.8 Å². The third kappa shape index (κ3) is 3.92. The fraction of sp³-hybridized carbons (Fsp3) is 0.471. The van der Waals surface area contributed by atoms with E-state index in [1.807, 2.05) is 17.0 Å². The summed E-state index contributed by atoms with van der Waals surface area (Å²) in [7, 11) is 1.68. The lowest BCUT2D eigenvalue weighted by molar-refractivity contribution is 0.114. The number of carbonyl (C=O) groups excluding carboxylic acids is 1. The average molecular weight is 301 g/mol. The molecule has 5 nitrogen and oxygen atoms in total. The molecule has 1 heterocycles. The fourth-order valence-corrected chi connectivity index (χ4v) is 2.66. The van der Waals surface area contributed by atoms with E-state index in [1.54, 1.807) is 7.11 Å². The predicted octanol–water partition coefficient (Wildman–Crippen LogP) is 1.72. The molecular formula is C17H23N3O2. The van der Waals surface area contributed by atoms with Crippen LogP contribution in [0, 0.1) is 12.3 Å². The van der Waals surface area contributed by atoms with Gasteiger partial charge in [-0.05, 0) is 24.6 Å². The zero-order valence-corrected chi connectivity index (χ0v) is 13.2. The molecule has 0 bridgehead atoms. The van der Waals surface area contributed by atoms with Gasteiger partial charge in [0.15, 0.2) is 0 Å². The number of hydrogen-bond donors (Lipinski definition) is 1. The van der Waals surface area contributed by atoms with Gasteiger partial charge in [0.05, 0.1) is 13.7 Å². The minimum Gasteiger partial charge on any atom is -0.497 e. The Morgan fingerprint density at radius 3 is 2.77 bits per heavy atom. The van der Waals surface area contributed by atoms with E-state index in [0.717, 1.165) is 18.8 Å². The Bertz CT molecular complexity index is 545. The Balaban J connectivity index is 1.90. The van der Waals surface area contributed by atoms with Gasteiger partial charge in [0, 0.05) is 32.2 Å². The van der Waals surface area contributed by atoms with E-state index in [0.29, 0.717) is 19.1 Å². The molecule has 5 heteroatoms. The van der Waals surface area contributed by atoms with Crippen molar-refractivity contribution >= 4 is 6.03 Å². The zero-order valence-electron chi connectivity index (χ0n) is 13.2. The summed E-state index contributed by atoms with van der Waals surface area (Å²) in [5.41, 5.74) is 1.23. The van der Waals surface area contributed by atoms with Crippen molar-refractivity contribution in [3.63, 3.8) is 0 Å². The largest absolute Gasteiger partial charge is 0.497 e. The number of benzene rings is 1. The van der Waals surface area contributed by atoms with Crippen LogP contribution < -0.4 is 10.1 Å². The Kier molecular flexibility index (Phi) is 5.68. The molecule has 118 valence electrons. The molecule has 0 aromatic heterocycles. The van der Waals surface area contributed by atoms with Gasteiger partial charge in [0.1, 0.15) is 5.75 Å². The molecule has 1 aromatic carbocycles. The van der Waals surface area contributed by atoms with Crippen LogP contribution in [-0.4, -0.2) is 55.7 Å². The van der Waals surface area contributed by atoms with Crippen molar-refractivity contribution in [2.45, 2.75) is 13.0 Å². The summed E-state index contributed by atoms with van der Waals surface area (Å²) in [4.78, 5) is 16.1. The lowest BCUT2D eigenvalue weighted by Crippen LogP contribution is -2.52. The van der Waals surface area contributed by atoms with Gasteiger partial charge in [-0.15, -0.1) is 6.42 Å². The van der Waals surface area contributed by atoms with Crippen molar-refractivity contribution in [2.24, 2.45) is 0 Å². The number of methoxy groups -OCH3 is 1. The summed E-state index contributed by atoms with van der Waals surface area (Å²) < 4.78 is 5.28. The number of hydrogen-bond acceptors (Lipinski definition) is 3. The van der Waals surface area contributed by atoms with Crippen molar-refractivity contribution in [1.82, 2.24) is 15.1 Å². The van der Waals surface area contributed by atoms with E-state index in [2.05, 4.69) is 35.2 Å². The standard InChI is InChI=1S/C17H23N3O2/c1-4-8-18-17(21)20-11-9-19(10-12-20)14(2)15-6-5-7-16(13-15)22-3/h1,5-7,13-14H,8-12H2,2-3H3,(H,18,21)/t14-/m1/s1. The van der Waals surface area contributed by atoms with Crippen LogP contribution in [0.2, 0.25) is 0 Å². The van der Waals surface area contributed by atoms with Crippen molar-refractivity contribution < 1.29 is 9.53 Å². The number of piperazine rings is 1. The summed E-state index contributed by atoms with van der Waals surface area (Å²) in [5.74, 6) is 3.29. The highest BCUT2D eigenvalue weighted by molar-refractivity contribution is 5.74. The SMILES string of the molecule is C#CCNC(=O)N1CCN([C@H](C)c2cccc(OC)c2)CC1. The number of carbonyl (C=O) groups is 1. The molecule has 0 saturated carbocycles. The second kappa shape index (κ2) is 7.71. The molecule has 0 aliphatic carbocycles. The first kappa shape index (κ1) is 16.2. The first-order valence-electron chi connectivity index (χ1n) is 7.50. The van der Waals surface area contributed by atoms with Crippen molar-refractivity contribution in [2.75, 3.05) is 39.8 Å². The number of urea groups is 1. The van der Waals surface area contributed by atoms with Gasteiger partial charge in [-0.2, -0.15) is 0 Å². The molecule has 1 N–H and O–H groups in total. The fourth-order valence-electron chi connectivity index (χ4n) is 2.66. The first-order valence-corrected chi connectivity index (χ1v) is 7.50. The predicted molar refractivity (Wildman–Crippen MR) is 86.8 cm³/mol. The number of amides is 2. The number of nitrogens with one attached hydrogen (secondary N) is 1. The molecule has 0 unspecified atom stereocenters. The molecule has 0 radical (unpaired) electrons. The Hall–Kier alpha value is -2.19. The van der Waals surface area contributed by atoms with Crippen LogP contribution in [0.1, 0.15) is 18.5 Å².